The normalized spacial score (nSPS) is 37.1. The van der Waals surface area contributed by atoms with Gasteiger partial charge in [-0.25, -0.2) is 0 Å². The molecule has 1 aliphatic carbocycles. The first-order chi connectivity index (χ1) is 8.92. The number of rotatable bonds is 3. The average Bonchev–Trinajstić information content (AvgIpc) is 2.54. The van der Waals surface area contributed by atoms with E-state index in [-0.39, 0.29) is 45.8 Å². The van der Waals surface area contributed by atoms with Gasteiger partial charge in [-0.05, 0) is 18.7 Å². The number of hydrogen-bond donors (Lipinski definition) is 0. The Labute approximate surface area is 133 Å². The molecule has 0 radical (unpaired) electrons. The van der Waals surface area contributed by atoms with E-state index in [2.05, 4.69) is 16.1 Å². The monoisotopic (exact) mass is 415 g/mol. The van der Waals surface area contributed by atoms with Crippen molar-refractivity contribution in [3.05, 3.63) is 23.5 Å². The molecule has 0 amide bonds. The third kappa shape index (κ3) is 26.4. The average molecular weight is 414 g/mol. The Bertz CT molecular complexity index is 193. The SMILES string of the molecule is C[N-]C.C[N-]C.[2H]C1C([2H])C([2H])C(CO[N-]C)C1[2H].[CH3-].[Hf+4]. The van der Waals surface area contributed by atoms with E-state index in [0.717, 1.165) is 0 Å². The maximum absolute atomic E-state index is 7.59. The number of hydrogen-bond acceptors (Lipinski definition) is 1. The van der Waals surface area contributed by atoms with Crippen LogP contribution in [0.25, 0.3) is 16.1 Å². The van der Waals surface area contributed by atoms with Crippen LogP contribution in [0.5, 0.6) is 0 Å². The molecule has 0 saturated heterocycles. The van der Waals surface area contributed by atoms with Crippen LogP contribution in [0.4, 0.5) is 0 Å². The van der Waals surface area contributed by atoms with Crippen molar-refractivity contribution in [3.63, 3.8) is 0 Å². The van der Waals surface area contributed by atoms with E-state index in [1.165, 1.54) is 7.05 Å². The summed E-state index contributed by atoms with van der Waals surface area (Å²) in [5, 5.41) is 7.00. The minimum atomic E-state index is -0.784. The Morgan fingerprint density at radius 2 is 1.41 bits per heavy atom. The summed E-state index contributed by atoms with van der Waals surface area (Å²) >= 11 is 0. The fourth-order valence-corrected chi connectivity index (χ4v) is 0.750. The van der Waals surface area contributed by atoms with Crippen molar-refractivity contribution in [2.75, 3.05) is 41.8 Å². The molecule has 17 heavy (non-hydrogen) atoms. The molecule has 4 atom stereocenters. The molecular formula is C12H29HfN3O. The maximum Gasteiger partial charge on any atom is 4.00 e. The predicted molar refractivity (Wildman–Crippen MR) is 74.0 cm³/mol. The van der Waals surface area contributed by atoms with Crippen molar-refractivity contribution < 1.29 is 36.2 Å². The van der Waals surface area contributed by atoms with Crippen molar-refractivity contribution in [2.45, 2.75) is 25.6 Å². The van der Waals surface area contributed by atoms with Crippen LogP contribution < -0.4 is 0 Å². The maximum atomic E-state index is 7.59. The van der Waals surface area contributed by atoms with Gasteiger partial charge in [0.25, 0.3) is 0 Å². The smallest absolute Gasteiger partial charge is 0.668 e. The predicted octanol–water partition coefficient (Wildman–Crippen LogP) is 3.80. The van der Waals surface area contributed by atoms with Crippen molar-refractivity contribution in [1.82, 2.24) is 0 Å². The fraction of sp³-hybridized carbons (Fsp3) is 0.917. The van der Waals surface area contributed by atoms with Gasteiger partial charge in [-0.1, -0.05) is 12.8 Å². The van der Waals surface area contributed by atoms with Crippen LogP contribution in [-0.4, -0.2) is 41.8 Å². The third-order valence-corrected chi connectivity index (χ3v) is 1.22. The van der Waals surface area contributed by atoms with Gasteiger partial charge in [-0.3, -0.25) is 0 Å². The third-order valence-electron chi connectivity index (χ3n) is 1.22. The first kappa shape index (κ1) is 15.8. The second-order valence-electron chi connectivity index (χ2n) is 2.81. The Kier molecular flexibility index (Phi) is 23.7. The summed E-state index contributed by atoms with van der Waals surface area (Å²) in [4.78, 5) is 4.77. The van der Waals surface area contributed by atoms with Crippen LogP contribution in [0.3, 0.4) is 0 Å². The minimum Gasteiger partial charge on any atom is -0.668 e. The molecule has 0 N–H and O–H groups in total. The van der Waals surface area contributed by atoms with E-state index in [4.69, 9.17) is 10.3 Å². The topological polar surface area (TPSA) is 51.5 Å². The molecule has 1 saturated carbocycles. The molecule has 1 rings (SSSR count). The van der Waals surface area contributed by atoms with Crippen molar-refractivity contribution in [3.8, 4) is 0 Å². The zero-order valence-corrected chi connectivity index (χ0v) is 15.4. The van der Waals surface area contributed by atoms with Crippen molar-refractivity contribution in [1.29, 1.82) is 0 Å². The van der Waals surface area contributed by atoms with Gasteiger partial charge in [0.05, 0.1) is 0 Å². The molecule has 1 fully saturated rings. The number of hydroxylamine groups is 1. The van der Waals surface area contributed by atoms with Crippen LogP contribution in [0.1, 0.15) is 31.1 Å². The summed E-state index contributed by atoms with van der Waals surface area (Å²) in [6.45, 7) is 0.184. The second kappa shape index (κ2) is 25.5. The summed E-state index contributed by atoms with van der Waals surface area (Å²) in [7, 11) is 8.49. The summed E-state index contributed by atoms with van der Waals surface area (Å²) < 4.78 is 30.1. The molecular weight excluding hydrogens is 381 g/mol. The van der Waals surface area contributed by atoms with Crippen LogP contribution in [0.2, 0.25) is 0 Å². The summed E-state index contributed by atoms with van der Waals surface area (Å²) in [6.07, 6.45) is -2.94. The molecule has 0 aliphatic heterocycles. The minimum absolute atomic E-state index is 0. The zero-order chi connectivity index (χ0) is 15.4. The molecule has 0 spiro atoms. The Morgan fingerprint density at radius 3 is 1.71 bits per heavy atom. The summed E-state index contributed by atoms with van der Waals surface area (Å²) in [6, 6.07) is 0. The Hall–Kier alpha value is 0.710. The molecule has 1 aliphatic rings. The van der Waals surface area contributed by atoms with Crippen LogP contribution in [0.15, 0.2) is 0 Å². The van der Waals surface area contributed by atoms with Crippen molar-refractivity contribution >= 4 is 0 Å². The number of nitrogens with zero attached hydrogens (tertiary/aromatic N) is 3. The molecule has 102 valence electrons. The van der Waals surface area contributed by atoms with E-state index in [1.807, 2.05) is 0 Å². The van der Waals surface area contributed by atoms with E-state index < -0.39 is 25.6 Å². The zero-order valence-electron chi connectivity index (χ0n) is 15.8. The molecule has 0 aromatic carbocycles. The molecule has 5 heteroatoms. The van der Waals surface area contributed by atoms with Gasteiger partial charge >= 0.3 is 25.8 Å². The van der Waals surface area contributed by atoms with E-state index in [0.29, 0.717) is 0 Å². The molecule has 0 heterocycles. The van der Waals surface area contributed by atoms with Gasteiger partial charge in [0.2, 0.25) is 0 Å². The van der Waals surface area contributed by atoms with E-state index >= 15 is 0 Å². The van der Waals surface area contributed by atoms with E-state index in [9.17, 15) is 0 Å². The molecule has 0 bridgehead atoms. The molecule has 4 unspecified atom stereocenters. The summed E-state index contributed by atoms with van der Waals surface area (Å²) in [5.41, 5.74) is 3.43. The van der Waals surface area contributed by atoms with Gasteiger partial charge in [0.15, 0.2) is 0 Å². The summed E-state index contributed by atoms with van der Waals surface area (Å²) in [5.74, 6) is -0.353. The second-order valence-corrected chi connectivity index (χ2v) is 2.81. The molecule has 0 aromatic rings. The van der Waals surface area contributed by atoms with Gasteiger partial charge in [-0.15, -0.1) is 7.05 Å². The van der Waals surface area contributed by atoms with Gasteiger partial charge in [0.1, 0.15) is 0 Å². The van der Waals surface area contributed by atoms with E-state index in [1.54, 1.807) is 28.2 Å². The first-order valence-corrected chi connectivity index (χ1v) is 4.78. The van der Waals surface area contributed by atoms with Gasteiger partial charge in [-0.2, -0.15) is 28.2 Å². The van der Waals surface area contributed by atoms with Crippen LogP contribution in [-0.2, 0) is 30.7 Å². The Balaban J connectivity index is -0.000000157. The standard InChI is InChI=1S/C7H14NO.2C2H6N.CH3.Hf/c1-8-9-6-7-4-2-3-5-7;2*1-3-2;;/h7H,2-6H2,1H3;2*1-2H3;1H3;/q4*-1;+4/i2D,3D,4D,5D;;;;. The van der Waals surface area contributed by atoms with Gasteiger partial charge < -0.3 is 28.4 Å². The largest absolute Gasteiger partial charge is 4.00 e. The van der Waals surface area contributed by atoms with Crippen molar-refractivity contribution in [2.24, 2.45) is 5.92 Å². The first-order valence-electron chi connectivity index (χ1n) is 7.09. The fourth-order valence-electron chi connectivity index (χ4n) is 0.750. The van der Waals surface area contributed by atoms with Crippen LogP contribution >= 0.6 is 0 Å². The quantitative estimate of drug-likeness (QED) is 0.394. The molecule has 4 nitrogen and oxygen atoms in total. The Morgan fingerprint density at radius 1 is 1.06 bits per heavy atom. The molecule has 0 aromatic heterocycles. The van der Waals surface area contributed by atoms with Gasteiger partial charge in [0, 0.05) is 12.1 Å². The van der Waals surface area contributed by atoms with Crippen LogP contribution in [0, 0.1) is 13.3 Å².